The predicted molar refractivity (Wildman–Crippen MR) is 137 cm³/mol. The maximum Gasteiger partial charge on any atom is 0.252 e. The molecule has 0 aliphatic rings. The normalized spacial score (nSPS) is 12.0. The number of carbonyl (C=O) groups excluding carboxylic acids is 1. The first-order valence-electron chi connectivity index (χ1n) is 11.2. The van der Waals surface area contributed by atoms with Crippen molar-refractivity contribution in [3.8, 4) is 0 Å². The molecule has 8 nitrogen and oxygen atoms in total. The summed E-state index contributed by atoms with van der Waals surface area (Å²) in [5, 5.41) is 16.5. The number of pyridine rings is 1. The number of benzene rings is 2. The summed E-state index contributed by atoms with van der Waals surface area (Å²) in [6.45, 7) is 1.92. The van der Waals surface area contributed by atoms with Crippen LogP contribution in [0, 0.1) is 12.7 Å². The van der Waals surface area contributed by atoms with Crippen molar-refractivity contribution in [3.63, 3.8) is 0 Å². The van der Waals surface area contributed by atoms with Crippen LogP contribution in [0.2, 0.25) is 5.02 Å². The smallest absolute Gasteiger partial charge is 0.252 e. The Hall–Kier alpha value is -4.24. The van der Waals surface area contributed by atoms with Gasteiger partial charge in [-0.3, -0.25) is 14.2 Å². The molecule has 0 bridgehead atoms. The second-order valence-corrected chi connectivity index (χ2v) is 8.99. The van der Waals surface area contributed by atoms with Crippen LogP contribution in [0.15, 0.2) is 67.1 Å². The van der Waals surface area contributed by atoms with E-state index in [1.807, 2.05) is 32.2 Å². The van der Waals surface area contributed by atoms with Gasteiger partial charge in [0.05, 0.1) is 23.0 Å². The summed E-state index contributed by atoms with van der Waals surface area (Å²) in [5.74, 6) is 0.574. The number of fused-ring (bicyclic) bond motifs is 1. The van der Waals surface area contributed by atoms with Gasteiger partial charge < -0.3 is 10.6 Å². The molecule has 1 atom stereocenters. The summed E-state index contributed by atoms with van der Waals surface area (Å²) < 4.78 is 17.6. The zero-order valence-electron chi connectivity index (χ0n) is 19.8. The SMILES string of the molecule is Cc1cc(Nc2cc3cc(C(=O)N[C@@H](c4ccc(Cl)c(F)c4)c4cnn(C)c4)ccc3cn2)n(C)n1. The van der Waals surface area contributed by atoms with Crippen molar-refractivity contribution in [2.24, 2.45) is 14.1 Å². The number of anilines is 2. The second kappa shape index (κ2) is 9.43. The van der Waals surface area contributed by atoms with Crippen LogP contribution in [0.3, 0.4) is 0 Å². The summed E-state index contributed by atoms with van der Waals surface area (Å²) in [6.07, 6.45) is 5.17. The molecule has 5 aromatic rings. The first kappa shape index (κ1) is 23.5. The molecule has 2 N–H and O–H groups in total. The zero-order valence-corrected chi connectivity index (χ0v) is 20.6. The molecule has 182 valence electrons. The molecule has 0 spiro atoms. The molecule has 0 radical (unpaired) electrons. The predicted octanol–water partition coefficient (Wildman–Crippen LogP) is 5.07. The molecular formula is C26H23ClFN7O. The van der Waals surface area contributed by atoms with E-state index >= 15 is 0 Å². The number of aromatic nitrogens is 5. The van der Waals surface area contributed by atoms with Gasteiger partial charge in [0.25, 0.3) is 5.91 Å². The Balaban J connectivity index is 1.44. The molecule has 0 unspecified atom stereocenters. The molecule has 0 fully saturated rings. The van der Waals surface area contributed by atoms with Crippen LogP contribution in [-0.2, 0) is 14.1 Å². The van der Waals surface area contributed by atoms with E-state index in [4.69, 9.17) is 11.6 Å². The van der Waals surface area contributed by atoms with Crippen LogP contribution in [0.1, 0.15) is 33.2 Å². The number of rotatable bonds is 6. The highest BCUT2D eigenvalue weighted by Gasteiger charge is 2.21. The van der Waals surface area contributed by atoms with Crippen LogP contribution < -0.4 is 10.6 Å². The molecule has 3 aromatic heterocycles. The minimum atomic E-state index is -0.614. The van der Waals surface area contributed by atoms with Crippen molar-refractivity contribution in [1.82, 2.24) is 29.9 Å². The van der Waals surface area contributed by atoms with Gasteiger partial charge >= 0.3 is 0 Å². The summed E-state index contributed by atoms with van der Waals surface area (Å²) in [4.78, 5) is 17.8. The van der Waals surface area contributed by atoms with E-state index in [9.17, 15) is 9.18 Å². The zero-order chi connectivity index (χ0) is 25.4. The Morgan fingerprint density at radius 3 is 2.56 bits per heavy atom. The molecule has 3 heterocycles. The van der Waals surface area contributed by atoms with E-state index < -0.39 is 11.9 Å². The van der Waals surface area contributed by atoms with Gasteiger partial charge in [0, 0.05) is 49.1 Å². The van der Waals surface area contributed by atoms with Gasteiger partial charge in [0.2, 0.25) is 0 Å². The molecular weight excluding hydrogens is 481 g/mol. The summed E-state index contributed by atoms with van der Waals surface area (Å²) in [7, 11) is 3.63. The molecule has 5 rings (SSSR count). The van der Waals surface area contributed by atoms with Crippen molar-refractivity contribution in [2.75, 3.05) is 5.32 Å². The number of aryl methyl sites for hydroxylation is 3. The first-order valence-corrected chi connectivity index (χ1v) is 11.6. The number of amides is 1. The van der Waals surface area contributed by atoms with Crippen LogP contribution in [0.4, 0.5) is 16.0 Å². The minimum Gasteiger partial charge on any atom is -0.341 e. The monoisotopic (exact) mass is 503 g/mol. The van der Waals surface area contributed by atoms with Crippen molar-refractivity contribution < 1.29 is 9.18 Å². The van der Waals surface area contributed by atoms with Crippen molar-refractivity contribution in [2.45, 2.75) is 13.0 Å². The summed E-state index contributed by atoms with van der Waals surface area (Å²) in [6, 6.07) is 13.1. The third-order valence-corrected chi connectivity index (χ3v) is 6.16. The van der Waals surface area contributed by atoms with Crippen LogP contribution in [-0.4, -0.2) is 30.5 Å². The highest BCUT2D eigenvalue weighted by atomic mass is 35.5. The van der Waals surface area contributed by atoms with Crippen molar-refractivity contribution >= 4 is 39.9 Å². The van der Waals surface area contributed by atoms with Gasteiger partial charge in [-0.25, -0.2) is 9.37 Å². The Morgan fingerprint density at radius 2 is 1.86 bits per heavy atom. The van der Waals surface area contributed by atoms with Crippen LogP contribution >= 0.6 is 11.6 Å². The number of halogens is 2. The second-order valence-electron chi connectivity index (χ2n) is 8.58. The Kier molecular flexibility index (Phi) is 6.15. The molecule has 0 saturated carbocycles. The van der Waals surface area contributed by atoms with E-state index in [-0.39, 0.29) is 10.9 Å². The first-order chi connectivity index (χ1) is 17.3. The standard InChI is InChI=1S/C26H23ClFN7O/c1-15-8-24(35(3)33-15)31-23-11-19-9-17(4-5-18(19)12-29-23)26(36)32-25(20-13-30-34(2)14-20)16-6-7-21(27)22(28)10-16/h4-14,25H,1-3H3,(H,29,31)(H,32,36)/t25-/m0/s1. The maximum absolute atomic E-state index is 14.2. The Labute approximate surface area is 211 Å². The topological polar surface area (TPSA) is 89.7 Å². The molecule has 1 amide bonds. The van der Waals surface area contributed by atoms with Crippen LogP contribution in [0.25, 0.3) is 10.8 Å². The highest BCUT2D eigenvalue weighted by Crippen LogP contribution is 2.27. The van der Waals surface area contributed by atoms with E-state index in [2.05, 4.69) is 25.8 Å². The average molecular weight is 504 g/mol. The van der Waals surface area contributed by atoms with E-state index in [1.54, 1.807) is 53.2 Å². The number of hydrogen-bond donors (Lipinski definition) is 2. The van der Waals surface area contributed by atoms with Gasteiger partial charge in [-0.2, -0.15) is 10.2 Å². The molecule has 0 saturated heterocycles. The maximum atomic E-state index is 14.2. The number of carbonyl (C=O) groups is 1. The van der Waals surface area contributed by atoms with Crippen LogP contribution in [0.5, 0.6) is 0 Å². The highest BCUT2D eigenvalue weighted by molar-refractivity contribution is 6.30. The number of nitrogens with one attached hydrogen (secondary N) is 2. The molecule has 36 heavy (non-hydrogen) atoms. The van der Waals surface area contributed by atoms with Gasteiger partial charge in [0.1, 0.15) is 17.5 Å². The third-order valence-electron chi connectivity index (χ3n) is 5.85. The fourth-order valence-corrected chi connectivity index (χ4v) is 4.18. The summed E-state index contributed by atoms with van der Waals surface area (Å²) in [5.41, 5.74) is 2.62. The van der Waals surface area contributed by atoms with Gasteiger partial charge in [-0.15, -0.1) is 0 Å². The van der Waals surface area contributed by atoms with Crippen molar-refractivity contribution in [1.29, 1.82) is 0 Å². The molecule has 2 aromatic carbocycles. The minimum absolute atomic E-state index is 0.0175. The average Bonchev–Trinajstić information content (AvgIpc) is 3.42. The molecule has 10 heteroatoms. The fraction of sp³-hybridized carbons (Fsp3) is 0.154. The van der Waals surface area contributed by atoms with E-state index in [1.165, 1.54) is 12.1 Å². The molecule has 0 aliphatic carbocycles. The summed E-state index contributed by atoms with van der Waals surface area (Å²) >= 11 is 5.87. The fourth-order valence-electron chi connectivity index (χ4n) is 4.06. The van der Waals surface area contributed by atoms with Gasteiger partial charge in [-0.05, 0) is 48.2 Å². The lowest BCUT2D eigenvalue weighted by Crippen LogP contribution is -2.29. The van der Waals surface area contributed by atoms with E-state index in [0.717, 1.165) is 27.8 Å². The number of nitrogens with zero attached hydrogens (tertiary/aromatic N) is 5. The van der Waals surface area contributed by atoms with Gasteiger partial charge in [0.15, 0.2) is 0 Å². The quantitative estimate of drug-likeness (QED) is 0.338. The molecule has 0 aliphatic heterocycles. The third kappa shape index (κ3) is 4.78. The Morgan fingerprint density at radius 1 is 1.03 bits per heavy atom. The van der Waals surface area contributed by atoms with E-state index in [0.29, 0.717) is 16.9 Å². The lowest BCUT2D eigenvalue weighted by molar-refractivity contribution is 0.0943. The van der Waals surface area contributed by atoms with Crippen molar-refractivity contribution in [3.05, 3.63) is 100 Å². The van der Waals surface area contributed by atoms with Gasteiger partial charge in [-0.1, -0.05) is 23.7 Å². The Bertz CT molecular complexity index is 1590. The largest absolute Gasteiger partial charge is 0.341 e. The number of hydrogen-bond acceptors (Lipinski definition) is 5. The lowest BCUT2D eigenvalue weighted by Gasteiger charge is -2.19. The lowest BCUT2D eigenvalue weighted by atomic mass is 10.0.